The van der Waals surface area contributed by atoms with Gasteiger partial charge in [0, 0.05) is 18.1 Å². The van der Waals surface area contributed by atoms with Crippen LogP contribution in [0.1, 0.15) is 30.0 Å². The number of aromatic nitrogens is 2. The first-order valence-electron chi connectivity index (χ1n) is 8.79. The Kier molecular flexibility index (Phi) is 5.69. The molecule has 0 atom stereocenters. The highest BCUT2D eigenvalue weighted by atomic mass is 16.5. The smallest absolute Gasteiger partial charge is 0.268 e. The highest BCUT2D eigenvalue weighted by Crippen LogP contribution is 2.29. The van der Waals surface area contributed by atoms with E-state index in [1.807, 2.05) is 73.0 Å². The van der Waals surface area contributed by atoms with Gasteiger partial charge in [0.2, 0.25) is 0 Å². The fourth-order valence-electron chi connectivity index (χ4n) is 2.90. The van der Waals surface area contributed by atoms with Crippen LogP contribution >= 0.6 is 0 Å². The van der Waals surface area contributed by atoms with Crippen LogP contribution < -0.4 is 10.1 Å². The van der Waals surface area contributed by atoms with Crippen LogP contribution in [0.4, 0.5) is 0 Å². The third-order valence-corrected chi connectivity index (χ3v) is 4.12. The Morgan fingerprint density at radius 2 is 2.15 bits per heavy atom. The number of rotatable bonds is 7. The van der Waals surface area contributed by atoms with Crippen LogP contribution in [0.5, 0.6) is 5.75 Å². The number of carbonyl (C=O) groups is 1. The number of hydrogen-bond acceptors (Lipinski definition) is 3. The lowest BCUT2D eigenvalue weighted by atomic mass is 10.2. The molecule has 26 heavy (non-hydrogen) atoms. The molecular weight excluding hydrogens is 326 g/mol. The molecule has 0 aliphatic rings. The molecule has 2 heterocycles. The van der Waals surface area contributed by atoms with E-state index in [2.05, 4.69) is 10.3 Å². The van der Waals surface area contributed by atoms with Gasteiger partial charge >= 0.3 is 0 Å². The predicted octanol–water partition coefficient (Wildman–Crippen LogP) is 3.94. The first-order valence-corrected chi connectivity index (χ1v) is 8.79. The van der Waals surface area contributed by atoms with Gasteiger partial charge in [-0.2, -0.15) is 0 Å². The second-order valence-electron chi connectivity index (χ2n) is 5.83. The standard InChI is InChI=1S/C21H23N3O2/c1-3-5-13-24-18-10-8-11-20(26-4-2)17(18)14-19(24)21(25)23-15-16-9-6-7-12-22-16/h3,5-12,14H,4,13,15H2,1-2H3,(H,23,25)/b5-3-. The van der Waals surface area contributed by atoms with E-state index in [0.717, 1.165) is 22.3 Å². The van der Waals surface area contributed by atoms with E-state index in [-0.39, 0.29) is 5.91 Å². The second kappa shape index (κ2) is 8.34. The molecule has 1 aromatic carbocycles. The lowest BCUT2D eigenvalue weighted by Crippen LogP contribution is -2.25. The van der Waals surface area contributed by atoms with Crippen molar-refractivity contribution in [1.29, 1.82) is 0 Å². The van der Waals surface area contributed by atoms with Gasteiger partial charge in [-0.1, -0.05) is 24.3 Å². The third kappa shape index (κ3) is 3.77. The van der Waals surface area contributed by atoms with E-state index in [9.17, 15) is 4.79 Å². The Hall–Kier alpha value is -3.08. The molecule has 134 valence electrons. The van der Waals surface area contributed by atoms with Crippen molar-refractivity contribution < 1.29 is 9.53 Å². The van der Waals surface area contributed by atoms with E-state index in [4.69, 9.17) is 4.74 Å². The second-order valence-corrected chi connectivity index (χ2v) is 5.83. The molecule has 0 unspecified atom stereocenters. The number of nitrogens with zero attached hydrogens (tertiary/aromatic N) is 2. The van der Waals surface area contributed by atoms with E-state index in [1.165, 1.54) is 0 Å². The summed E-state index contributed by atoms with van der Waals surface area (Å²) in [6.45, 7) is 5.53. The van der Waals surface area contributed by atoms with Crippen molar-refractivity contribution in [1.82, 2.24) is 14.9 Å². The fourth-order valence-corrected chi connectivity index (χ4v) is 2.90. The SMILES string of the molecule is C/C=C\Cn1c(C(=O)NCc2ccccn2)cc2c(OCC)cccc21. The van der Waals surface area contributed by atoms with Gasteiger partial charge in [0.05, 0.1) is 24.4 Å². The normalized spacial score (nSPS) is 11.2. The Balaban J connectivity index is 1.94. The molecule has 5 heteroatoms. The summed E-state index contributed by atoms with van der Waals surface area (Å²) in [4.78, 5) is 17.1. The van der Waals surface area contributed by atoms with Crippen LogP contribution in [-0.2, 0) is 13.1 Å². The van der Waals surface area contributed by atoms with E-state index in [1.54, 1.807) is 6.20 Å². The van der Waals surface area contributed by atoms with Gasteiger partial charge in [-0.25, -0.2) is 0 Å². The van der Waals surface area contributed by atoms with Crippen molar-refractivity contribution in [2.24, 2.45) is 0 Å². The summed E-state index contributed by atoms with van der Waals surface area (Å²) in [6, 6.07) is 13.5. The number of carbonyl (C=O) groups excluding carboxylic acids is 1. The molecule has 5 nitrogen and oxygen atoms in total. The van der Waals surface area contributed by atoms with Crippen molar-refractivity contribution in [2.45, 2.75) is 26.9 Å². The average molecular weight is 349 g/mol. The Bertz CT molecular complexity index is 914. The van der Waals surface area contributed by atoms with Crippen LogP contribution in [0.25, 0.3) is 10.9 Å². The average Bonchev–Trinajstić information content (AvgIpc) is 3.05. The van der Waals surface area contributed by atoms with Gasteiger partial charge in [0.25, 0.3) is 5.91 Å². The molecule has 3 aromatic rings. The molecule has 0 bridgehead atoms. The van der Waals surface area contributed by atoms with Crippen molar-refractivity contribution >= 4 is 16.8 Å². The quantitative estimate of drug-likeness (QED) is 0.657. The molecular formula is C21H23N3O2. The highest BCUT2D eigenvalue weighted by Gasteiger charge is 2.17. The van der Waals surface area contributed by atoms with Gasteiger partial charge < -0.3 is 14.6 Å². The summed E-state index contributed by atoms with van der Waals surface area (Å²) in [7, 11) is 0. The number of pyridine rings is 1. The number of amides is 1. The Morgan fingerprint density at radius 1 is 1.27 bits per heavy atom. The molecule has 0 fully saturated rings. The van der Waals surface area contributed by atoms with E-state index < -0.39 is 0 Å². The van der Waals surface area contributed by atoms with Gasteiger partial charge in [-0.15, -0.1) is 0 Å². The number of hydrogen-bond donors (Lipinski definition) is 1. The number of ether oxygens (including phenoxy) is 1. The summed E-state index contributed by atoms with van der Waals surface area (Å²) in [6.07, 6.45) is 5.73. The number of allylic oxidation sites excluding steroid dienone is 2. The van der Waals surface area contributed by atoms with Crippen molar-refractivity contribution in [3.8, 4) is 5.75 Å². The van der Waals surface area contributed by atoms with Crippen LogP contribution in [0.15, 0.2) is 60.8 Å². The van der Waals surface area contributed by atoms with Crippen molar-refractivity contribution in [2.75, 3.05) is 6.61 Å². The summed E-state index contributed by atoms with van der Waals surface area (Å²) in [5, 5.41) is 3.90. The maximum atomic E-state index is 12.8. The fraction of sp³-hybridized carbons (Fsp3) is 0.238. The van der Waals surface area contributed by atoms with Crippen LogP contribution in [-0.4, -0.2) is 22.1 Å². The molecule has 0 saturated heterocycles. The maximum absolute atomic E-state index is 12.8. The van der Waals surface area contributed by atoms with Crippen LogP contribution in [0, 0.1) is 0 Å². The minimum atomic E-state index is -0.126. The molecule has 0 spiro atoms. The summed E-state index contributed by atoms with van der Waals surface area (Å²) in [5.41, 5.74) is 2.42. The molecule has 1 N–H and O–H groups in total. The molecule has 0 radical (unpaired) electrons. The van der Waals surface area contributed by atoms with Gasteiger partial charge in [-0.05, 0) is 44.2 Å². The zero-order valence-corrected chi connectivity index (χ0v) is 15.1. The highest BCUT2D eigenvalue weighted by molar-refractivity contribution is 6.00. The first-order chi connectivity index (χ1) is 12.7. The molecule has 1 amide bonds. The minimum absolute atomic E-state index is 0.126. The first kappa shape index (κ1) is 17.7. The van der Waals surface area contributed by atoms with Crippen molar-refractivity contribution in [3.05, 3.63) is 72.2 Å². The lowest BCUT2D eigenvalue weighted by Gasteiger charge is -2.09. The van der Waals surface area contributed by atoms with Crippen LogP contribution in [0.2, 0.25) is 0 Å². The predicted molar refractivity (Wildman–Crippen MR) is 103 cm³/mol. The summed E-state index contributed by atoms with van der Waals surface area (Å²) >= 11 is 0. The van der Waals surface area contributed by atoms with Gasteiger partial charge in [0.15, 0.2) is 0 Å². The zero-order valence-electron chi connectivity index (χ0n) is 15.1. The number of fused-ring (bicyclic) bond motifs is 1. The van der Waals surface area contributed by atoms with E-state index in [0.29, 0.717) is 25.4 Å². The van der Waals surface area contributed by atoms with E-state index >= 15 is 0 Å². The van der Waals surface area contributed by atoms with Gasteiger partial charge in [-0.3, -0.25) is 9.78 Å². The zero-order chi connectivity index (χ0) is 18.4. The molecule has 0 aliphatic heterocycles. The maximum Gasteiger partial charge on any atom is 0.268 e. The largest absolute Gasteiger partial charge is 0.493 e. The minimum Gasteiger partial charge on any atom is -0.493 e. The number of nitrogens with one attached hydrogen (secondary N) is 1. The third-order valence-electron chi connectivity index (χ3n) is 4.12. The lowest BCUT2D eigenvalue weighted by molar-refractivity contribution is 0.0942. The number of benzene rings is 1. The molecule has 0 aliphatic carbocycles. The van der Waals surface area contributed by atoms with Crippen molar-refractivity contribution in [3.63, 3.8) is 0 Å². The summed E-state index contributed by atoms with van der Waals surface area (Å²) in [5.74, 6) is 0.668. The monoisotopic (exact) mass is 349 g/mol. The molecule has 0 saturated carbocycles. The van der Waals surface area contributed by atoms with Crippen LogP contribution in [0.3, 0.4) is 0 Å². The molecule has 2 aromatic heterocycles. The summed E-state index contributed by atoms with van der Waals surface area (Å²) < 4.78 is 7.73. The Morgan fingerprint density at radius 3 is 2.88 bits per heavy atom. The topological polar surface area (TPSA) is 56.2 Å². The molecule has 3 rings (SSSR count). The van der Waals surface area contributed by atoms with Gasteiger partial charge in [0.1, 0.15) is 11.4 Å². The Labute approximate surface area is 153 Å².